The fraction of sp³-hybridized carbons (Fsp3) is 0.364. The maximum Gasteiger partial charge on any atom is 0.325 e. The van der Waals surface area contributed by atoms with Crippen LogP contribution in [0.1, 0.15) is 45.6 Å². The molecule has 3 aliphatic rings. The van der Waals surface area contributed by atoms with Gasteiger partial charge in [-0.2, -0.15) is 0 Å². The van der Waals surface area contributed by atoms with Crippen molar-refractivity contribution in [2.75, 3.05) is 18.5 Å². The number of benzene rings is 1. The van der Waals surface area contributed by atoms with Gasteiger partial charge in [0, 0.05) is 16.9 Å². The van der Waals surface area contributed by atoms with Gasteiger partial charge in [-0.15, -0.1) is 11.3 Å². The third-order valence-corrected chi connectivity index (χ3v) is 7.44. The first-order valence-electron chi connectivity index (χ1n) is 10.5. The van der Waals surface area contributed by atoms with Crippen LogP contribution in [0.15, 0.2) is 24.3 Å². The average Bonchev–Trinajstić information content (AvgIpc) is 3.24. The SMILES string of the molecule is NC(=O)c1c(NC(=O)CN2C(=O)N[C@@]3(CCOc4ccccc43)C2=O)sc2c1CCCC2. The summed E-state index contributed by atoms with van der Waals surface area (Å²) in [5, 5.41) is 5.86. The van der Waals surface area contributed by atoms with Crippen LogP contribution in [0, 0.1) is 0 Å². The monoisotopic (exact) mass is 454 g/mol. The first-order valence-corrected chi connectivity index (χ1v) is 11.3. The van der Waals surface area contributed by atoms with E-state index >= 15 is 0 Å². The number of aryl methyl sites for hydroxylation is 1. The van der Waals surface area contributed by atoms with Gasteiger partial charge in [-0.3, -0.25) is 19.3 Å². The largest absolute Gasteiger partial charge is 0.493 e. The molecule has 1 fully saturated rings. The number of ether oxygens (including phenoxy) is 1. The van der Waals surface area contributed by atoms with E-state index in [0.29, 0.717) is 21.9 Å². The highest BCUT2D eigenvalue weighted by molar-refractivity contribution is 7.17. The Kier molecular flexibility index (Phi) is 4.89. The van der Waals surface area contributed by atoms with Crippen molar-refractivity contribution in [1.29, 1.82) is 0 Å². The maximum absolute atomic E-state index is 13.3. The molecule has 5 amide bonds. The van der Waals surface area contributed by atoms with Crippen LogP contribution in [0.4, 0.5) is 9.80 Å². The number of nitrogens with two attached hydrogens (primary N) is 1. The van der Waals surface area contributed by atoms with E-state index in [0.717, 1.165) is 41.0 Å². The third kappa shape index (κ3) is 3.13. The first-order chi connectivity index (χ1) is 15.4. The number of thiophene rings is 1. The number of carbonyl (C=O) groups is 4. The maximum atomic E-state index is 13.3. The minimum atomic E-state index is -1.24. The fourth-order valence-corrected chi connectivity index (χ4v) is 6.05. The lowest BCUT2D eigenvalue weighted by atomic mass is 9.84. The first kappa shape index (κ1) is 20.5. The summed E-state index contributed by atoms with van der Waals surface area (Å²) in [4.78, 5) is 52.8. The van der Waals surface area contributed by atoms with Crippen molar-refractivity contribution >= 4 is 40.1 Å². The van der Waals surface area contributed by atoms with Crippen molar-refractivity contribution in [3.63, 3.8) is 0 Å². The number of para-hydroxylation sites is 1. The molecule has 1 saturated heterocycles. The average molecular weight is 455 g/mol. The van der Waals surface area contributed by atoms with Gasteiger partial charge in [-0.05, 0) is 37.3 Å². The Hall–Kier alpha value is -3.40. The zero-order valence-electron chi connectivity index (χ0n) is 17.2. The van der Waals surface area contributed by atoms with E-state index in [1.54, 1.807) is 24.3 Å². The van der Waals surface area contributed by atoms with Gasteiger partial charge in [0.05, 0.1) is 12.2 Å². The second kappa shape index (κ2) is 7.63. The molecule has 9 nitrogen and oxygen atoms in total. The van der Waals surface area contributed by atoms with Crippen molar-refractivity contribution in [3.8, 4) is 5.75 Å². The number of nitrogens with zero attached hydrogens (tertiary/aromatic N) is 1. The quantitative estimate of drug-likeness (QED) is 0.608. The Morgan fingerprint density at radius 1 is 1.22 bits per heavy atom. The van der Waals surface area contributed by atoms with Crippen molar-refractivity contribution in [3.05, 3.63) is 45.8 Å². The molecule has 1 aromatic heterocycles. The van der Waals surface area contributed by atoms with E-state index in [1.807, 2.05) is 0 Å². The number of carbonyl (C=O) groups excluding carboxylic acids is 4. The Labute approximate surface area is 187 Å². The number of amides is 5. The van der Waals surface area contributed by atoms with Crippen LogP contribution in [-0.2, 0) is 28.0 Å². The van der Waals surface area contributed by atoms with Gasteiger partial charge in [0.25, 0.3) is 11.8 Å². The number of nitrogens with one attached hydrogen (secondary N) is 2. The standard InChI is InChI=1S/C22H22N4O5S/c23-18(28)17-12-5-1-4-8-15(12)32-19(17)24-16(27)11-26-20(29)22(25-21(26)30)9-10-31-14-7-3-2-6-13(14)22/h2-3,6-7H,1,4-5,8-11H2,(H2,23,28)(H,24,27)(H,25,30)/t22-/m1/s1. The Morgan fingerprint density at radius 3 is 2.81 bits per heavy atom. The molecule has 10 heteroatoms. The molecule has 1 atom stereocenters. The molecule has 5 rings (SSSR count). The van der Waals surface area contributed by atoms with E-state index in [-0.39, 0.29) is 13.0 Å². The summed E-state index contributed by atoms with van der Waals surface area (Å²) in [7, 11) is 0. The fourth-order valence-electron chi connectivity index (χ4n) is 4.74. The number of hydrogen-bond donors (Lipinski definition) is 3. The second-order valence-electron chi connectivity index (χ2n) is 8.15. The molecule has 32 heavy (non-hydrogen) atoms. The van der Waals surface area contributed by atoms with E-state index in [4.69, 9.17) is 10.5 Å². The molecule has 0 saturated carbocycles. The normalized spacial score (nSPS) is 21.6. The topological polar surface area (TPSA) is 131 Å². The molecule has 0 radical (unpaired) electrons. The minimum absolute atomic E-state index is 0.270. The Bertz CT molecular complexity index is 1160. The number of rotatable bonds is 4. The van der Waals surface area contributed by atoms with Crippen LogP contribution in [-0.4, -0.2) is 41.8 Å². The molecule has 1 aromatic carbocycles. The van der Waals surface area contributed by atoms with E-state index in [9.17, 15) is 19.2 Å². The van der Waals surface area contributed by atoms with Crippen LogP contribution in [0.25, 0.3) is 0 Å². The number of urea groups is 1. The molecule has 4 N–H and O–H groups in total. The summed E-state index contributed by atoms with van der Waals surface area (Å²) in [5.74, 6) is -1.11. The zero-order chi connectivity index (χ0) is 22.5. The van der Waals surface area contributed by atoms with E-state index in [2.05, 4.69) is 10.6 Å². The number of hydrogen-bond acceptors (Lipinski definition) is 6. The van der Waals surface area contributed by atoms with Crippen molar-refractivity contribution in [1.82, 2.24) is 10.2 Å². The Morgan fingerprint density at radius 2 is 2.00 bits per heavy atom. The van der Waals surface area contributed by atoms with Crippen LogP contribution < -0.4 is 21.1 Å². The zero-order valence-corrected chi connectivity index (χ0v) is 18.0. The second-order valence-corrected chi connectivity index (χ2v) is 9.25. The van der Waals surface area contributed by atoms with Gasteiger partial charge in [-0.25, -0.2) is 4.79 Å². The minimum Gasteiger partial charge on any atom is -0.493 e. The summed E-state index contributed by atoms with van der Waals surface area (Å²) in [5.41, 5.74) is 6.15. The molecule has 1 spiro atoms. The molecule has 1 aliphatic carbocycles. The highest BCUT2D eigenvalue weighted by Gasteiger charge is 2.55. The molecule has 2 aliphatic heterocycles. The molecule has 0 unspecified atom stereocenters. The smallest absolute Gasteiger partial charge is 0.325 e. The van der Waals surface area contributed by atoms with Crippen LogP contribution >= 0.6 is 11.3 Å². The number of imide groups is 1. The Balaban J connectivity index is 1.37. The highest BCUT2D eigenvalue weighted by Crippen LogP contribution is 2.41. The summed E-state index contributed by atoms with van der Waals surface area (Å²) in [6.45, 7) is -0.192. The van der Waals surface area contributed by atoms with Gasteiger partial charge in [0.15, 0.2) is 5.54 Å². The van der Waals surface area contributed by atoms with Gasteiger partial charge in [0.1, 0.15) is 17.3 Å². The molecular weight excluding hydrogens is 432 g/mol. The van der Waals surface area contributed by atoms with Crippen LogP contribution in [0.3, 0.4) is 0 Å². The van der Waals surface area contributed by atoms with Crippen molar-refractivity contribution in [2.45, 2.75) is 37.6 Å². The lowest BCUT2D eigenvalue weighted by molar-refractivity contribution is -0.135. The van der Waals surface area contributed by atoms with Crippen molar-refractivity contribution in [2.24, 2.45) is 5.73 Å². The van der Waals surface area contributed by atoms with Crippen LogP contribution in [0.5, 0.6) is 5.75 Å². The summed E-state index contributed by atoms with van der Waals surface area (Å²) >= 11 is 1.34. The predicted molar refractivity (Wildman–Crippen MR) is 117 cm³/mol. The van der Waals surface area contributed by atoms with E-state index < -0.39 is 35.8 Å². The summed E-state index contributed by atoms with van der Waals surface area (Å²) in [6, 6.07) is 6.41. The predicted octanol–water partition coefficient (Wildman–Crippen LogP) is 1.89. The third-order valence-electron chi connectivity index (χ3n) is 6.23. The number of primary amides is 1. The van der Waals surface area contributed by atoms with Crippen LogP contribution in [0.2, 0.25) is 0 Å². The molecular formula is C22H22N4O5S. The van der Waals surface area contributed by atoms with Gasteiger partial charge < -0.3 is 21.1 Å². The number of fused-ring (bicyclic) bond motifs is 3. The molecule has 3 heterocycles. The van der Waals surface area contributed by atoms with E-state index in [1.165, 1.54) is 11.3 Å². The molecule has 0 bridgehead atoms. The van der Waals surface area contributed by atoms with Gasteiger partial charge in [-0.1, -0.05) is 18.2 Å². The molecule has 2 aromatic rings. The van der Waals surface area contributed by atoms with Gasteiger partial charge in [0.2, 0.25) is 5.91 Å². The van der Waals surface area contributed by atoms with Gasteiger partial charge >= 0.3 is 6.03 Å². The van der Waals surface area contributed by atoms with Crippen molar-refractivity contribution < 1.29 is 23.9 Å². The summed E-state index contributed by atoms with van der Waals surface area (Å²) in [6.07, 6.45) is 3.85. The lowest BCUT2D eigenvalue weighted by Crippen LogP contribution is -2.48. The molecule has 166 valence electrons. The lowest BCUT2D eigenvalue weighted by Gasteiger charge is -2.33. The summed E-state index contributed by atoms with van der Waals surface area (Å²) < 4.78 is 5.62. The number of anilines is 1. The highest BCUT2D eigenvalue weighted by atomic mass is 32.1.